The van der Waals surface area contributed by atoms with Gasteiger partial charge in [0.15, 0.2) is 0 Å². The Morgan fingerprint density at radius 2 is 0.862 bits per heavy atom. The van der Waals surface area contributed by atoms with Gasteiger partial charge in [-0.25, -0.2) is 0 Å². The predicted octanol–water partition coefficient (Wildman–Crippen LogP) is 2.71. The van der Waals surface area contributed by atoms with Crippen LogP contribution in [0.2, 0.25) is 7.25 Å². The molecule has 0 amide bonds. The summed E-state index contributed by atoms with van der Waals surface area (Å²) in [6.45, 7) is 14.1. The van der Waals surface area contributed by atoms with Crippen LogP contribution in [0.5, 0.6) is 0 Å². The number of hydrogen-bond donors (Lipinski definition) is 0. The summed E-state index contributed by atoms with van der Waals surface area (Å²) in [5, 5.41) is 6.15. The summed E-state index contributed by atoms with van der Waals surface area (Å²) in [7, 11) is -2.04. The zero-order valence-corrected chi connectivity index (χ0v) is 43.4. The Morgan fingerprint density at radius 3 is 1.26 bits per heavy atom. The van der Waals surface area contributed by atoms with E-state index in [9.17, 15) is 0 Å². The molecule has 2 unspecified atom stereocenters. The summed E-state index contributed by atoms with van der Waals surface area (Å²) >= 11 is -2.80. The molecule has 0 spiro atoms. The van der Waals surface area contributed by atoms with E-state index in [4.69, 9.17) is 8.85 Å². The smallest absolute Gasteiger partial charge is 1.00 e. The van der Waals surface area contributed by atoms with Crippen molar-refractivity contribution in [1.82, 2.24) is 0 Å². The molecular formula is C50H61Cl2O2Si3Zr. The van der Waals surface area contributed by atoms with Crippen molar-refractivity contribution in [2.24, 2.45) is 0 Å². The average Bonchev–Trinajstić information content (AvgIpc) is 3.76. The topological polar surface area (TPSA) is 18.5 Å². The summed E-state index contributed by atoms with van der Waals surface area (Å²) < 4.78 is 15.9. The summed E-state index contributed by atoms with van der Waals surface area (Å²) in [5.41, 5.74) is 9.86. The molecule has 4 aliphatic rings. The van der Waals surface area contributed by atoms with E-state index in [1.54, 1.807) is 32.7 Å². The van der Waals surface area contributed by atoms with E-state index in [-0.39, 0.29) is 35.6 Å². The minimum atomic E-state index is -2.80. The standard InChI is InChI=1S/2C19H25OSi.C12H11Si.2ClH.Zr/c2*1-19(2,3)17-10-6-7-11-18(17)21-20-16-12-14-8-4-5-9-15(14)13-16;1-3-7-11(8-4-1)13-12-9-5-2-6-10-12;;;/h2*6-7,10-13H,4-5,8-9,21H2,1-3H3;1-10,13H;2*1H;/q;;;;;+2/p-2. The largest absolute Gasteiger partial charge is 1.00 e. The van der Waals surface area contributed by atoms with Crippen LogP contribution < -0.4 is 45.6 Å². The van der Waals surface area contributed by atoms with E-state index in [0.29, 0.717) is 7.25 Å². The molecule has 0 aliphatic heterocycles. The van der Waals surface area contributed by atoms with Gasteiger partial charge >= 0.3 is 353 Å². The van der Waals surface area contributed by atoms with Gasteiger partial charge in [-0.3, -0.25) is 0 Å². The first kappa shape index (κ1) is 45.1. The van der Waals surface area contributed by atoms with Crippen LogP contribution in [0.4, 0.5) is 0 Å². The van der Waals surface area contributed by atoms with E-state index < -0.39 is 46.4 Å². The number of hydrogen-bond acceptors (Lipinski definition) is 2. The van der Waals surface area contributed by atoms with E-state index in [1.165, 1.54) is 84.4 Å². The summed E-state index contributed by atoms with van der Waals surface area (Å²) in [6, 6.07) is 42.0. The fraction of sp³-hybridized carbons (Fsp3) is 0.360. The van der Waals surface area contributed by atoms with Crippen LogP contribution in [0.1, 0.15) is 104 Å². The molecule has 0 N–H and O–H groups in total. The fourth-order valence-electron chi connectivity index (χ4n) is 10.2. The van der Waals surface area contributed by atoms with Crippen LogP contribution in [0.3, 0.4) is 0 Å². The quantitative estimate of drug-likeness (QED) is 0.216. The van der Waals surface area contributed by atoms with Gasteiger partial charge in [0.05, 0.1) is 0 Å². The van der Waals surface area contributed by atoms with E-state index in [2.05, 4.69) is 163 Å². The van der Waals surface area contributed by atoms with Crippen molar-refractivity contribution in [3.05, 3.63) is 166 Å². The van der Waals surface area contributed by atoms with Gasteiger partial charge in [-0.05, 0) is 0 Å². The molecule has 0 heterocycles. The molecule has 4 aromatic carbocycles. The zero-order chi connectivity index (χ0) is 38.9. The van der Waals surface area contributed by atoms with Crippen molar-refractivity contribution in [1.29, 1.82) is 0 Å². The van der Waals surface area contributed by atoms with Crippen molar-refractivity contribution in [3.63, 3.8) is 0 Å². The fourth-order valence-corrected chi connectivity index (χ4v) is 41.9. The van der Waals surface area contributed by atoms with Crippen LogP contribution in [-0.4, -0.2) is 25.4 Å². The van der Waals surface area contributed by atoms with E-state index in [0.717, 1.165) is 0 Å². The number of allylic oxidation sites excluding steroid dienone is 6. The Kier molecular flexibility index (Phi) is 15.2. The van der Waals surface area contributed by atoms with Crippen LogP contribution in [0, 0.1) is 0 Å². The van der Waals surface area contributed by atoms with Crippen LogP contribution >= 0.6 is 0 Å². The Balaban J connectivity index is 0.00000283. The Morgan fingerprint density at radius 1 is 0.500 bits per heavy atom. The number of halogens is 2. The van der Waals surface area contributed by atoms with Crippen molar-refractivity contribution in [2.75, 3.05) is 0 Å². The minimum Gasteiger partial charge on any atom is -1.00 e. The Bertz CT molecular complexity index is 2010. The summed E-state index contributed by atoms with van der Waals surface area (Å²) in [4.78, 5) is 0. The molecule has 0 saturated carbocycles. The third kappa shape index (κ3) is 9.69. The van der Waals surface area contributed by atoms with Gasteiger partial charge in [-0.15, -0.1) is 0 Å². The first-order valence-corrected chi connectivity index (χ1v) is 32.7. The maximum absolute atomic E-state index is 7.51. The molecule has 2 atom stereocenters. The monoisotopic (exact) mass is 937 g/mol. The van der Waals surface area contributed by atoms with Crippen LogP contribution in [0.15, 0.2) is 155 Å². The molecule has 0 bridgehead atoms. The van der Waals surface area contributed by atoms with E-state index >= 15 is 0 Å². The zero-order valence-electron chi connectivity index (χ0n) is 35.4. The van der Waals surface area contributed by atoms with Crippen molar-refractivity contribution in [2.45, 2.75) is 111 Å². The normalized spacial score (nSPS) is 19.5. The SMILES string of the molecule is CC(C)(C)c1ccccc1[SiH2]OC1=CC2=C(CCCC2)[CH]1[Zr+2]([CH]1C(O[SiH2]c2ccccc2C(C)(C)C)=CC2=C1CCCC2)[SiH](c1ccccc1)c1ccccc1.[Cl-].[Cl-]. The molecule has 58 heavy (non-hydrogen) atoms. The third-order valence-corrected chi connectivity index (χ3v) is 38.5. The first-order valence-electron chi connectivity index (χ1n) is 21.3. The van der Waals surface area contributed by atoms with Gasteiger partial charge < -0.3 is 24.8 Å². The molecule has 0 fully saturated rings. The van der Waals surface area contributed by atoms with Gasteiger partial charge in [0.2, 0.25) is 0 Å². The van der Waals surface area contributed by atoms with Gasteiger partial charge in [0.1, 0.15) is 0 Å². The second kappa shape index (κ2) is 19.5. The molecule has 4 aliphatic carbocycles. The van der Waals surface area contributed by atoms with Crippen molar-refractivity contribution in [3.8, 4) is 0 Å². The van der Waals surface area contributed by atoms with Gasteiger partial charge in [-0.1, -0.05) is 0 Å². The van der Waals surface area contributed by atoms with Crippen molar-refractivity contribution < 1.29 is 54.6 Å². The molecule has 4 aromatic rings. The number of benzene rings is 4. The molecule has 8 rings (SSSR count). The minimum absolute atomic E-state index is 0. The second-order valence-corrected chi connectivity index (χ2v) is 37.0. The van der Waals surface area contributed by atoms with Gasteiger partial charge in [0, 0.05) is 0 Å². The van der Waals surface area contributed by atoms with Gasteiger partial charge in [0.25, 0.3) is 0 Å². The molecular weight excluding hydrogens is 879 g/mol. The average molecular weight is 940 g/mol. The molecule has 303 valence electrons. The number of rotatable bonds is 11. The molecule has 0 aromatic heterocycles. The first-order chi connectivity index (χ1) is 27.1. The molecule has 2 nitrogen and oxygen atoms in total. The second-order valence-electron chi connectivity index (χ2n) is 18.6. The van der Waals surface area contributed by atoms with Gasteiger partial charge in [-0.2, -0.15) is 0 Å². The molecule has 8 heteroatoms. The Labute approximate surface area is 375 Å². The van der Waals surface area contributed by atoms with Crippen LogP contribution in [0.25, 0.3) is 0 Å². The summed E-state index contributed by atoms with van der Waals surface area (Å²) in [6.07, 6.45) is 15.2. The summed E-state index contributed by atoms with van der Waals surface area (Å²) in [5.74, 6) is 0.968. The maximum Gasteiger partial charge on any atom is -1.00 e. The van der Waals surface area contributed by atoms with Crippen LogP contribution in [-0.2, 0) is 40.6 Å². The predicted molar refractivity (Wildman–Crippen MR) is 243 cm³/mol. The third-order valence-electron chi connectivity index (χ3n) is 12.7. The maximum atomic E-state index is 7.51. The molecule has 0 radical (unpaired) electrons. The molecule has 0 saturated heterocycles. The van der Waals surface area contributed by atoms with Crippen molar-refractivity contribution >= 4 is 46.2 Å². The Hall–Kier alpha value is -2.45. The van der Waals surface area contributed by atoms with E-state index in [1.807, 2.05) is 0 Å².